The zero-order valence-corrected chi connectivity index (χ0v) is 13.3. The second-order valence-corrected chi connectivity index (χ2v) is 5.93. The predicted octanol–water partition coefficient (Wildman–Crippen LogP) is 2.65. The lowest BCUT2D eigenvalue weighted by Gasteiger charge is -2.14. The van der Waals surface area contributed by atoms with Gasteiger partial charge >= 0.3 is 6.03 Å². The van der Waals surface area contributed by atoms with Crippen LogP contribution in [0.2, 0.25) is 0 Å². The van der Waals surface area contributed by atoms with Crippen LogP contribution in [0.15, 0.2) is 22.7 Å². The van der Waals surface area contributed by atoms with Crippen molar-refractivity contribution < 1.29 is 18.8 Å². The Kier molecular flexibility index (Phi) is 4.75. The summed E-state index contributed by atoms with van der Waals surface area (Å²) in [5, 5.41) is 18.1. The van der Waals surface area contributed by atoms with E-state index in [9.17, 15) is 9.18 Å². The fraction of sp³-hybridized carbons (Fsp3) is 0.438. The van der Waals surface area contributed by atoms with Gasteiger partial charge in [0.25, 0.3) is 5.89 Å². The first kappa shape index (κ1) is 16.4. The Morgan fingerprint density at radius 1 is 1.50 bits per heavy atom. The molecule has 0 spiro atoms. The Morgan fingerprint density at radius 2 is 2.29 bits per heavy atom. The van der Waals surface area contributed by atoms with Gasteiger partial charge in [0.1, 0.15) is 5.82 Å². The largest absolute Gasteiger partial charge is 0.396 e. The van der Waals surface area contributed by atoms with Gasteiger partial charge in [-0.25, -0.2) is 9.18 Å². The lowest BCUT2D eigenvalue weighted by Crippen LogP contribution is -2.36. The molecule has 2 aromatic rings. The predicted molar refractivity (Wildman–Crippen MR) is 85.0 cm³/mol. The summed E-state index contributed by atoms with van der Waals surface area (Å²) in [6.07, 6.45) is 2.49. The van der Waals surface area contributed by atoms with Crippen LogP contribution in [-0.4, -0.2) is 33.9 Å². The third kappa shape index (κ3) is 3.88. The van der Waals surface area contributed by atoms with Gasteiger partial charge in [0, 0.05) is 18.6 Å². The number of halogens is 1. The molecule has 1 fully saturated rings. The maximum atomic E-state index is 13.6. The Hall–Kier alpha value is -2.48. The van der Waals surface area contributed by atoms with E-state index in [4.69, 9.17) is 9.63 Å². The van der Waals surface area contributed by atoms with Crippen LogP contribution in [0, 0.1) is 5.82 Å². The van der Waals surface area contributed by atoms with Gasteiger partial charge in [0.2, 0.25) is 0 Å². The number of aliphatic hydroxyl groups excluding tert-OH is 1. The van der Waals surface area contributed by atoms with Gasteiger partial charge in [-0.15, -0.1) is 0 Å². The smallest absolute Gasteiger partial charge is 0.319 e. The number of nitrogens with one attached hydrogen (secondary N) is 2. The quantitative estimate of drug-likeness (QED) is 0.754. The van der Waals surface area contributed by atoms with Crippen LogP contribution in [-0.2, 0) is 0 Å². The summed E-state index contributed by atoms with van der Waals surface area (Å²) in [7, 11) is 0. The Bertz CT molecular complexity index is 730. The molecule has 0 saturated heterocycles. The number of urea groups is 1. The van der Waals surface area contributed by atoms with Gasteiger partial charge in [-0.05, 0) is 44.4 Å². The molecule has 1 aliphatic rings. The fourth-order valence-electron chi connectivity index (χ4n) is 2.30. The number of rotatable bonds is 6. The monoisotopic (exact) mass is 334 g/mol. The molecule has 7 nitrogen and oxygen atoms in total. The van der Waals surface area contributed by atoms with E-state index in [1.165, 1.54) is 18.2 Å². The molecule has 0 aliphatic heterocycles. The van der Waals surface area contributed by atoms with Gasteiger partial charge in [-0.3, -0.25) is 0 Å². The third-order valence-electron chi connectivity index (χ3n) is 3.78. The average Bonchev–Trinajstić information content (AvgIpc) is 3.27. The highest BCUT2D eigenvalue weighted by Crippen LogP contribution is 2.39. The number of carbonyl (C=O) groups excluding carboxylic acids is 1. The fourth-order valence-corrected chi connectivity index (χ4v) is 2.30. The number of aromatic nitrogens is 2. The minimum atomic E-state index is -0.462. The lowest BCUT2D eigenvalue weighted by molar-refractivity contribution is 0.241. The average molecular weight is 334 g/mol. The van der Waals surface area contributed by atoms with E-state index in [0.717, 1.165) is 12.8 Å². The molecule has 1 aromatic carbocycles. The van der Waals surface area contributed by atoms with Crippen molar-refractivity contribution in [3.05, 3.63) is 29.8 Å². The van der Waals surface area contributed by atoms with Gasteiger partial charge in [0.05, 0.1) is 11.3 Å². The first-order valence-corrected chi connectivity index (χ1v) is 7.88. The first-order valence-electron chi connectivity index (χ1n) is 7.88. The molecule has 1 aliphatic carbocycles. The summed E-state index contributed by atoms with van der Waals surface area (Å²) in [5.74, 6) is 0.641. The molecule has 1 saturated carbocycles. The van der Waals surface area contributed by atoms with E-state index < -0.39 is 11.8 Å². The number of benzene rings is 1. The minimum Gasteiger partial charge on any atom is -0.396 e. The molecule has 24 heavy (non-hydrogen) atoms. The van der Waals surface area contributed by atoms with Crippen molar-refractivity contribution in [2.75, 3.05) is 11.9 Å². The van der Waals surface area contributed by atoms with Crippen LogP contribution in [0.5, 0.6) is 0 Å². The molecule has 1 atom stereocenters. The van der Waals surface area contributed by atoms with Crippen LogP contribution >= 0.6 is 0 Å². The van der Waals surface area contributed by atoms with Crippen LogP contribution < -0.4 is 10.6 Å². The summed E-state index contributed by atoms with van der Waals surface area (Å²) >= 11 is 0. The standard InChI is InChI=1S/C16H19FN4O3/c1-9(6-7-22)18-16(23)19-13-5-4-11(17)8-12(13)15-20-14(21-24-15)10-2-3-10/h4-5,8-10,22H,2-3,6-7H2,1H3,(H2,18,19,23)/t9-/m1/s1. The van der Waals surface area contributed by atoms with Crippen LogP contribution in [0.3, 0.4) is 0 Å². The SMILES string of the molecule is C[C@H](CCO)NC(=O)Nc1ccc(F)cc1-c1nc(C2CC2)no1. The van der Waals surface area contributed by atoms with Crippen molar-refractivity contribution in [3.63, 3.8) is 0 Å². The van der Waals surface area contributed by atoms with Crippen molar-refractivity contribution in [1.82, 2.24) is 15.5 Å². The summed E-state index contributed by atoms with van der Waals surface area (Å²) in [4.78, 5) is 16.3. The van der Waals surface area contributed by atoms with Crippen molar-refractivity contribution >= 4 is 11.7 Å². The highest BCUT2D eigenvalue weighted by molar-refractivity contribution is 5.93. The van der Waals surface area contributed by atoms with Gasteiger partial charge in [0.15, 0.2) is 5.82 Å². The minimum absolute atomic E-state index is 0.0187. The normalized spacial score (nSPS) is 15.1. The second kappa shape index (κ2) is 6.96. The van der Waals surface area contributed by atoms with E-state index in [2.05, 4.69) is 20.8 Å². The Labute approximate surface area is 138 Å². The molecule has 0 bridgehead atoms. The molecule has 3 rings (SSSR count). The second-order valence-electron chi connectivity index (χ2n) is 5.93. The number of nitrogens with zero attached hydrogens (tertiary/aromatic N) is 2. The molecular formula is C16H19FN4O3. The molecule has 0 radical (unpaired) electrons. The number of carbonyl (C=O) groups is 1. The van der Waals surface area contributed by atoms with E-state index in [1.54, 1.807) is 6.92 Å². The highest BCUT2D eigenvalue weighted by Gasteiger charge is 2.29. The zero-order chi connectivity index (χ0) is 17.1. The molecular weight excluding hydrogens is 315 g/mol. The molecule has 2 amide bonds. The summed E-state index contributed by atoms with van der Waals surface area (Å²) in [5.41, 5.74) is 0.704. The van der Waals surface area contributed by atoms with Crippen molar-refractivity contribution in [3.8, 4) is 11.5 Å². The summed E-state index contributed by atoms with van der Waals surface area (Å²) < 4.78 is 18.8. The molecule has 3 N–H and O–H groups in total. The van der Waals surface area contributed by atoms with Crippen LogP contribution in [0.4, 0.5) is 14.9 Å². The first-order chi connectivity index (χ1) is 11.6. The summed E-state index contributed by atoms with van der Waals surface area (Å²) in [6.45, 7) is 1.76. The maximum Gasteiger partial charge on any atom is 0.319 e. The topological polar surface area (TPSA) is 100 Å². The van der Waals surface area contributed by atoms with Crippen molar-refractivity contribution in [2.45, 2.75) is 38.1 Å². The van der Waals surface area contributed by atoms with Gasteiger partial charge in [-0.1, -0.05) is 5.16 Å². The van der Waals surface area contributed by atoms with Crippen molar-refractivity contribution in [1.29, 1.82) is 0 Å². The Balaban J connectivity index is 1.78. The van der Waals surface area contributed by atoms with E-state index in [1.807, 2.05) is 0 Å². The number of anilines is 1. The zero-order valence-electron chi connectivity index (χ0n) is 13.3. The van der Waals surface area contributed by atoms with E-state index in [0.29, 0.717) is 29.4 Å². The summed E-state index contributed by atoms with van der Waals surface area (Å²) in [6, 6.07) is 3.29. The molecule has 1 aromatic heterocycles. The van der Waals surface area contributed by atoms with E-state index >= 15 is 0 Å². The third-order valence-corrected chi connectivity index (χ3v) is 3.78. The Morgan fingerprint density at radius 3 is 3.00 bits per heavy atom. The van der Waals surface area contributed by atoms with Gasteiger partial charge in [-0.2, -0.15) is 4.98 Å². The number of hydrogen-bond donors (Lipinski definition) is 3. The maximum absolute atomic E-state index is 13.6. The number of aliphatic hydroxyl groups is 1. The van der Waals surface area contributed by atoms with Crippen LogP contribution in [0.25, 0.3) is 11.5 Å². The molecule has 8 heteroatoms. The van der Waals surface area contributed by atoms with Crippen LogP contribution in [0.1, 0.15) is 37.9 Å². The highest BCUT2D eigenvalue weighted by atomic mass is 19.1. The van der Waals surface area contributed by atoms with Gasteiger partial charge < -0.3 is 20.3 Å². The van der Waals surface area contributed by atoms with Crippen molar-refractivity contribution in [2.24, 2.45) is 0 Å². The molecule has 0 unspecified atom stereocenters. The lowest BCUT2D eigenvalue weighted by atomic mass is 10.1. The number of amides is 2. The molecule has 128 valence electrons. The van der Waals surface area contributed by atoms with E-state index in [-0.39, 0.29) is 18.5 Å². The molecule has 1 heterocycles. The number of hydrogen-bond acceptors (Lipinski definition) is 5.